The molecule has 5 heterocycles. The van der Waals surface area contributed by atoms with Crippen LogP contribution in [0.15, 0.2) is 121 Å². The van der Waals surface area contributed by atoms with Gasteiger partial charge in [0, 0.05) is 77.9 Å². The summed E-state index contributed by atoms with van der Waals surface area (Å²) in [6, 6.07) is 38.9. The van der Waals surface area contributed by atoms with Gasteiger partial charge in [0.25, 0.3) is 0 Å². The first kappa shape index (κ1) is 34.8. The minimum Gasteiger partial charge on any atom is -0.508 e. The zero-order valence-electron chi connectivity index (χ0n) is 27.8. The van der Waals surface area contributed by atoms with Gasteiger partial charge in [0.15, 0.2) is 0 Å². The van der Waals surface area contributed by atoms with Crippen LogP contribution in [0, 0.1) is 0 Å². The molecule has 0 unspecified atom stereocenters. The fraction of sp³-hybridized carbons (Fsp3) is 0. The molecule has 5 nitrogen and oxygen atoms in total. The number of benzene rings is 4. The van der Waals surface area contributed by atoms with Gasteiger partial charge in [-0.15, -0.1) is 0 Å². The smallest absolute Gasteiger partial charge is 0.115 e. The molecule has 8 bridgehead atoms. The van der Waals surface area contributed by atoms with Crippen LogP contribution in [0.4, 0.5) is 0 Å². The molecule has 7 aromatic rings. The monoisotopic (exact) mass is 783 g/mol. The third-order valence-corrected chi connectivity index (χ3v) is 10.1. The summed E-state index contributed by atoms with van der Waals surface area (Å²) < 4.78 is 0. The molecule has 0 amide bonds. The summed E-state index contributed by atoms with van der Waals surface area (Å²) >= 11 is 19.1. The number of aromatic nitrogens is 4. The molecule has 3 aromatic heterocycles. The number of rotatable bonds is 4. The quantitative estimate of drug-likeness (QED) is 0.166. The third kappa shape index (κ3) is 6.63. The summed E-state index contributed by atoms with van der Waals surface area (Å²) in [5.41, 5.74) is 14.1. The first-order valence-corrected chi connectivity index (χ1v) is 17.7. The molecule has 1 radical (unpaired) electrons. The summed E-state index contributed by atoms with van der Waals surface area (Å²) in [4.78, 5) is 18.0. The Morgan fingerprint density at radius 1 is 0.358 bits per heavy atom. The van der Waals surface area contributed by atoms with E-state index in [1.54, 1.807) is 12.1 Å². The predicted molar refractivity (Wildman–Crippen MR) is 217 cm³/mol. The Morgan fingerprint density at radius 3 is 0.868 bits per heavy atom. The van der Waals surface area contributed by atoms with Crippen LogP contribution in [0.3, 0.4) is 0 Å². The summed E-state index contributed by atoms with van der Waals surface area (Å²) in [5.74, 6) is 0.188. The fourth-order valence-electron chi connectivity index (χ4n) is 6.90. The van der Waals surface area contributed by atoms with E-state index in [1.165, 1.54) is 0 Å². The maximum Gasteiger partial charge on any atom is 0.115 e. The summed E-state index contributed by atoms with van der Waals surface area (Å²) in [6.45, 7) is 0. The SMILES string of the molecule is Oc1ccc(-c2c3nc(c(-c4ccc(Cl)cc4)c4ccc([nH]4)c(-c4ccc(Cl)cc4)c4nc(c(-c5ccc(Cl)cc5)c5ccc2[nH]5)C=C4)C=C3)cc1.[V]. The van der Waals surface area contributed by atoms with Crippen molar-refractivity contribution in [2.45, 2.75) is 0 Å². The maximum atomic E-state index is 10.2. The van der Waals surface area contributed by atoms with Crippen molar-refractivity contribution in [3.63, 3.8) is 0 Å². The van der Waals surface area contributed by atoms with Crippen LogP contribution in [-0.4, -0.2) is 25.0 Å². The normalized spacial score (nSPS) is 11.8. The van der Waals surface area contributed by atoms with Gasteiger partial charge >= 0.3 is 0 Å². The average molecular weight is 785 g/mol. The Bertz CT molecular complexity index is 2380. The molecule has 9 rings (SSSR count). The van der Waals surface area contributed by atoms with Crippen LogP contribution in [0.1, 0.15) is 22.8 Å². The predicted octanol–water partition coefficient (Wildman–Crippen LogP) is 13.0. The molecule has 2 aliphatic rings. The van der Waals surface area contributed by atoms with E-state index in [1.807, 2.05) is 97.1 Å². The van der Waals surface area contributed by atoms with E-state index < -0.39 is 0 Å². The number of aromatic amines is 2. The Balaban J connectivity index is 0.00000400. The first-order chi connectivity index (χ1) is 25.4. The van der Waals surface area contributed by atoms with Gasteiger partial charge in [0.1, 0.15) is 5.75 Å². The summed E-state index contributed by atoms with van der Waals surface area (Å²) in [7, 11) is 0. The summed E-state index contributed by atoms with van der Waals surface area (Å²) in [6.07, 6.45) is 8.19. The third-order valence-electron chi connectivity index (χ3n) is 9.31. The Kier molecular flexibility index (Phi) is 9.38. The fourth-order valence-corrected chi connectivity index (χ4v) is 7.28. The van der Waals surface area contributed by atoms with E-state index in [0.29, 0.717) is 15.1 Å². The second-order valence-corrected chi connectivity index (χ2v) is 13.9. The van der Waals surface area contributed by atoms with Gasteiger partial charge in [-0.25, -0.2) is 9.97 Å². The molecular weight excluding hydrogens is 758 g/mol. The Hall–Kier alpha value is -5.27. The second kappa shape index (κ2) is 14.3. The molecule has 0 fully saturated rings. The van der Waals surface area contributed by atoms with Gasteiger partial charge in [-0.05, 0) is 119 Å². The van der Waals surface area contributed by atoms with Gasteiger partial charge in [-0.3, -0.25) is 0 Å². The number of H-pyrrole nitrogens is 2. The minimum absolute atomic E-state index is 0. The average Bonchev–Trinajstić information content (AvgIpc) is 3.99. The zero-order chi connectivity index (χ0) is 35.3. The van der Waals surface area contributed by atoms with Crippen molar-refractivity contribution >= 4 is 81.2 Å². The van der Waals surface area contributed by atoms with Gasteiger partial charge in [0.05, 0.1) is 22.8 Å². The molecule has 4 aromatic carbocycles. The summed E-state index contributed by atoms with van der Waals surface area (Å²) in [5, 5.41) is 12.1. The molecule has 9 heteroatoms. The van der Waals surface area contributed by atoms with Crippen molar-refractivity contribution in [3.8, 4) is 50.3 Å². The number of halogens is 3. The number of nitrogens with one attached hydrogen (secondary N) is 2. The molecule has 0 atom stereocenters. The second-order valence-electron chi connectivity index (χ2n) is 12.6. The standard InChI is InChI=1S/C44H27Cl3N4O.V/c45-29-9-1-25(2-10-29)41-33-17-19-35(48-33)42(26-3-11-30(46)12-4-26)37-21-23-39(50-37)44(28-7-15-32(52)16-8-28)40-24-22-38(51-40)43(36-20-18-34(41)49-36)27-5-13-31(47)14-6-27;/h1-24,48,51-52H;. The maximum absolute atomic E-state index is 10.2. The Labute approximate surface area is 332 Å². The molecule has 0 spiro atoms. The van der Waals surface area contributed by atoms with E-state index >= 15 is 0 Å². The molecular formula is C44H27Cl3N4OV. The van der Waals surface area contributed by atoms with Crippen molar-refractivity contribution in [2.75, 3.05) is 0 Å². The number of phenolic OH excluding ortho intramolecular Hbond substituents is 1. The number of phenols is 1. The number of hydrogen-bond acceptors (Lipinski definition) is 3. The zero-order valence-corrected chi connectivity index (χ0v) is 31.4. The minimum atomic E-state index is 0. The van der Waals surface area contributed by atoms with Crippen molar-refractivity contribution in [3.05, 3.63) is 159 Å². The van der Waals surface area contributed by atoms with Gasteiger partial charge in [-0.1, -0.05) is 83.3 Å². The van der Waals surface area contributed by atoms with E-state index in [0.717, 1.165) is 89.4 Å². The molecule has 3 N–H and O–H groups in total. The van der Waals surface area contributed by atoms with Crippen LogP contribution < -0.4 is 0 Å². The van der Waals surface area contributed by atoms with Crippen LogP contribution in [0.25, 0.3) is 90.9 Å². The number of hydrogen-bond donors (Lipinski definition) is 3. The number of fused-ring (bicyclic) bond motifs is 8. The molecule has 53 heavy (non-hydrogen) atoms. The van der Waals surface area contributed by atoms with Crippen LogP contribution in [-0.2, 0) is 18.6 Å². The molecule has 0 saturated heterocycles. The molecule has 2 aliphatic heterocycles. The largest absolute Gasteiger partial charge is 0.508 e. The molecule has 0 aliphatic carbocycles. The topological polar surface area (TPSA) is 77.6 Å². The first-order valence-electron chi connectivity index (χ1n) is 16.6. The van der Waals surface area contributed by atoms with Crippen molar-refractivity contribution in [1.29, 1.82) is 0 Å². The van der Waals surface area contributed by atoms with Gasteiger partial charge in [-0.2, -0.15) is 0 Å². The van der Waals surface area contributed by atoms with Crippen molar-refractivity contribution in [1.82, 2.24) is 19.9 Å². The van der Waals surface area contributed by atoms with Gasteiger partial charge in [0.2, 0.25) is 0 Å². The van der Waals surface area contributed by atoms with E-state index in [2.05, 4.69) is 46.4 Å². The Morgan fingerprint density at radius 2 is 0.604 bits per heavy atom. The van der Waals surface area contributed by atoms with Gasteiger partial charge < -0.3 is 15.1 Å². The number of aromatic hydroxyl groups is 1. The van der Waals surface area contributed by atoms with Crippen LogP contribution >= 0.6 is 34.8 Å². The van der Waals surface area contributed by atoms with Crippen molar-refractivity contribution in [2.24, 2.45) is 0 Å². The van der Waals surface area contributed by atoms with E-state index in [4.69, 9.17) is 44.8 Å². The number of nitrogens with zero attached hydrogens (tertiary/aromatic N) is 2. The van der Waals surface area contributed by atoms with E-state index in [9.17, 15) is 5.11 Å². The van der Waals surface area contributed by atoms with Crippen LogP contribution in [0.5, 0.6) is 5.75 Å². The molecule has 255 valence electrons. The van der Waals surface area contributed by atoms with Crippen LogP contribution in [0.2, 0.25) is 15.1 Å². The van der Waals surface area contributed by atoms with Crippen molar-refractivity contribution < 1.29 is 23.7 Å². The van der Waals surface area contributed by atoms with E-state index in [-0.39, 0.29) is 24.3 Å². The molecule has 0 saturated carbocycles.